The summed E-state index contributed by atoms with van der Waals surface area (Å²) >= 11 is 0. The minimum atomic E-state index is 0.0891. The molecule has 21 heavy (non-hydrogen) atoms. The van der Waals surface area contributed by atoms with Crippen molar-refractivity contribution >= 4 is 10.8 Å². The third kappa shape index (κ3) is 2.04. The van der Waals surface area contributed by atoms with Crippen LogP contribution in [0.1, 0.15) is 44.7 Å². The van der Waals surface area contributed by atoms with E-state index in [1.807, 2.05) is 12.1 Å². The van der Waals surface area contributed by atoms with Gasteiger partial charge in [-0.3, -0.25) is 0 Å². The van der Waals surface area contributed by atoms with Crippen LogP contribution in [0.5, 0.6) is 0 Å². The Kier molecular flexibility index (Phi) is 3.46. The molecule has 0 bridgehead atoms. The molecular formula is C20H22O. The molecule has 0 saturated heterocycles. The highest BCUT2D eigenvalue weighted by atomic mass is 16.3. The van der Waals surface area contributed by atoms with Gasteiger partial charge >= 0.3 is 0 Å². The highest BCUT2D eigenvalue weighted by molar-refractivity contribution is 5.87. The molecule has 0 unspecified atom stereocenters. The molecule has 0 spiro atoms. The maximum atomic E-state index is 9.95. The predicted molar refractivity (Wildman–Crippen MR) is 89.4 cm³/mol. The molecule has 2 aromatic rings. The Labute approximate surface area is 126 Å². The zero-order chi connectivity index (χ0) is 15.1. The lowest BCUT2D eigenvalue weighted by atomic mass is 9.84. The second kappa shape index (κ2) is 5.16. The molecule has 0 aromatic heterocycles. The third-order valence-corrected chi connectivity index (χ3v) is 5.16. The van der Waals surface area contributed by atoms with E-state index in [9.17, 15) is 5.11 Å². The Morgan fingerprint density at radius 1 is 0.857 bits per heavy atom. The van der Waals surface area contributed by atoms with Gasteiger partial charge in [-0.25, -0.2) is 0 Å². The Hall–Kier alpha value is -1.86. The van der Waals surface area contributed by atoms with Gasteiger partial charge < -0.3 is 5.11 Å². The summed E-state index contributed by atoms with van der Waals surface area (Å²) in [5.74, 6) is 0.316. The van der Waals surface area contributed by atoms with Crippen molar-refractivity contribution < 1.29 is 5.11 Å². The van der Waals surface area contributed by atoms with Gasteiger partial charge in [0.15, 0.2) is 0 Å². The fourth-order valence-electron chi connectivity index (χ4n) is 3.62. The Morgan fingerprint density at radius 2 is 1.48 bits per heavy atom. The zero-order valence-corrected chi connectivity index (χ0v) is 13.2. The van der Waals surface area contributed by atoms with Crippen molar-refractivity contribution in [1.82, 2.24) is 0 Å². The summed E-state index contributed by atoms with van der Waals surface area (Å²) in [7, 11) is 0. The van der Waals surface area contributed by atoms with Crippen LogP contribution in [0, 0.1) is 0 Å². The van der Waals surface area contributed by atoms with Crippen LogP contribution >= 0.6 is 0 Å². The van der Waals surface area contributed by atoms with Crippen molar-refractivity contribution in [2.75, 3.05) is 0 Å². The molecule has 1 N–H and O–H groups in total. The van der Waals surface area contributed by atoms with Crippen molar-refractivity contribution in [3.05, 3.63) is 69.8 Å². The van der Waals surface area contributed by atoms with Crippen LogP contribution in [0.25, 0.3) is 10.8 Å². The van der Waals surface area contributed by atoms with Crippen LogP contribution in [0.4, 0.5) is 0 Å². The highest BCUT2D eigenvalue weighted by Gasteiger charge is 2.27. The molecule has 0 radical (unpaired) electrons. The van der Waals surface area contributed by atoms with E-state index in [1.54, 1.807) is 0 Å². The smallest absolute Gasteiger partial charge is 0.0690 e. The molecule has 1 heteroatoms. The Bertz CT molecular complexity index is 754. The van der Waals surface area contributed by atoms with Crippen molar-refractivity contribution in [2.45, 2.75) is 40.2 Å². The molecule has 0 aliphatic heterocycles. The largest absolute Gasteiger partial charge is 0.392 e. The summed E-state index contributed by atoms with van der Waals surface area (Å²) in [6, 6.07) is 12.7. The zero-order valence-electron chi connectivity index (χ0n) is 13.2. The summed E-state index contributed by atoms with van der Waals surface area (Å²) in [6.07, 6.45) is 0. The lowest BCUT2D eigenvalue weighted by molar-refractivity contribution is 0.282. The second-order valence-corrected chi connectivity index (χ2v) is 6.06. The van der Waals surface area contributed by atoms with E-state index >= 15 is 0 Å². The first-order valence-corrected chi connectivity index (χ1v) is 7.52. The standard InChI is InChI=1S/C20H22O/c1-12-13(2)15(4)20(14(12)3)18-10-9-16-7-5-6-8-17(16)19(18)11-21/h5-10,20-21H,11H2,1-4H3. The van der Waals surface area contributed by atoms with E-state index in [0.29, 0.717) is 5.92 Å². The number of rotatable bonds is 2. The third-order valence-electron chi connectivity index (χ3n) is 5.16. The summed E-state index contributed by atoms with van der Waals surface area (Å²) in [5, 5.41) is 12.3. The van der Waals surface area contributed by atoms with Gasteiger partial charge in [0, 0.05) is 5.92 Å². The average molecular weight is 278 g/mol. The number of fused-ring (bicyclic) bond motifs is 1. The molecular weight excluding hydrogens is 256 g/mol. The van der Waals surface area contributed by atoms with E-state index in [1.165, 1.54) is 38.6 Å². The van der Waals surface area contributed by atoms with Gasteiger partial charge in [0.25, 0.3) is 0 Å². The molecule has 2 aromatic carbocycles. The molecule has 108 valence electrons. The number of allylic oxidation sites excluding steroid dienone is 4. The predicted octanol–water partition coefficient (Wildman–Crippen LogP) is 5.10. The molecule has 0 atom stereocenters. The van der Waals surface area contributed by atoms with Crippen molar-refractivity contribution in [3.63, 3.8) is 0 Å². The van der Waals surface area contributed by atoms with Crippen LogP contribution in [0.15, 0.2) is 58.7 Å². The van der Waals surface area contributed by atoms with Gasteiger partial charge in [-0.2, -0.15) is 0 Å². The molecule has 3 rings (SSSR count). The number of hydrogen-bond acceptors (Lipinski definition) is 1. The van der Waals surface area contributed by atoms with Gasteiger partial charge in [-0.05, 0) is 60.7 Å². The number of aliphatic hydroxyl groups excluding tert-OH is 1. The number of benzene rings is 2. The highest BCUT2D eigenvalue weighted by Crippen LogP contribution is 2.45. The molecule has 0 amide bonds. The summed E-state index contributed by atoms with van der Waals surface area (Å²) < 4.78 is 0. The van der Waals surface area contributed by atoms with Crippen LogP contribution < -0.4 is 0 Å². The van der Waals surface area contributed by atoms with E-state index in [0.717, 1.165) is 5.56 Å². The van der Waals surface area contributed by atoms with E-state index < -0.39 is 0 Å². The fourth-order valence-corrected chi connectivity index (χ4v) is 3.62. The SMILES string of the molecule is CC1=C(C)C(c2ccc3ccccc3c2CO)C(C)=C1C. The molecule has 1 aliphatic carbocycles. The first-order chi connectivity index (χ1) is 10.1. The van der Waals surface area contributed by atoms with Crippen LogP contribution in [-0.4, -0.2) is 5.11 Å². The molecule has 0 heterocycles. The first kappa shape index (κ1) is 14.1. The summed E-state index contributed by atoms with van der Waals surface area (Å²) in [4.78, 5) is 0. The van der Waals surface area contributed by atoms with Crippen LogP contribution in [0.2, 0.25) is 0 Å². The summed E-state index contributed by atoms with van der Waals surface area (Å²) in [5.41, 5.74) is 7.94. The van der Waals surface area contributed by atoms with E-state index in [2.05, 4.69) is 52.0 Å². The normalized spacial score (nSPS) is 16.4. The average Bonchev–Trinajstić information content (AvgIpc) is 2.70. The van der Waals surface area contributed by atoms with Crippen LogP contribution in [-0.2, 0) is 6.61 Å². The monoisotopic (exact) mass is 278 g/mol. The van der Waals surface area contributed by atoms with Gasteiger partial charge in [-0.1, -0.05) is 47.5 Å². The summed E-state index contributed by atoms with van der Waals surface area (Å²) in [6.45, 7) is 8.93. The lowest BCUT2D eigenvalue weighted by Gasteiger charge is -2.20. The maximum absolute atomic E-state index is 9.95. The van der Waals surface area contributed by atoms with E-state index in [4.69, 9.17) is 0 Å². The number of hydrogen-bond donors (Lipinski definition) is 1. The maximum Gasteiger partial charge on any atom is 0.0690 e. The fraction of sp³-hybridized carbons (Fsp3) is 0.300. The Morgan fingerprint density at radius 3 is 2.10 bits per heavy atom. The van der Waals surface area contributed by atoms with Crippen molar-refractivity contribution in [1.29, 1.82) is 0 Å². The van der Waals surface area contributed by atoms with Crippen molar-refractivity contribution in [3.8, 4) is 0 Å². The van der Waals surface area contributed by atoms with Gasteiger partial charge in [-0.15, -0.1) is 0 Å². The van der Waals surface area contributed by atoms with Gasteiger partial charge in [0.2, 0.25) is 0 Å². The van der Waals surface area contributed by atoms with Crippen molar-refractivity contribution in [2.24, 2.45) is 0 Å². The minimum absolute atomic E-state index is 0.0891. The molecule has 0 saturated carbocycles. The second-order valence-electron chi connectivity index (χ2n) is 6.06. The first-order valence-electron chi connectivity index (χ1n) is 7.52. The van der Waals surface area contributed by atoms with Crippen LogP contribution in [0.3, 0.4) is 0 Å². The minimum Gasteiger partial charge on any atom is -0.392 e. The quantitative estimate of drug-likeness (QED) is 0.810. The van der Waals surface area contributed by atoms with Gasteiger partial charge in [0.1, 0.15) is 0 Å². The topological polar surface area (TPSA) is 20.2 Å². The van der Waals surface area contributed by atoms with E-state index in [-0.39, 0.29) is 6.61 Å². The number of aliphatic hydroxyl groups is 1. The molecule has 1 aliphatic rings. The molecule has 0 fully saturated rings. The molecule has 1 nitrogen and oxygen atoms in total. The lowest BCUT2D eigenvalue weighted by Crippen LogP contribution is -2.05. The van der Waals surface area contributed by atoms with Gasteiger partial charge in [0.05, 0.1) is 6.61 Å². The Balaban J connectivity index is 2.27.